The number of amides is 1. The molecule has 140 valence electrons. The lowest BCUT2D eigenvalue weighted by molar-refractivity contribution is 0.0857. The maximum absolute atomic E-state index is 12.3. The highest BCUT2D eigenvalue weighted by molar-refractivity contribution is 7.91. The van der Waals surface area contributed by atoms with Crippen molar-refractivity contribution in [1.29, 1.82) is 0 Å². The number of benzene rings is 1. The van der Waals surface area contributed by atoms with Crippen LogP contribution in [0, 0.1) is 0 Å². The number of ether oxygens (including phenoxy) is 1. The lowest BCUT2D eigenvalue weighted by atomic mass is 10.1. The van der Waals surface area contributed by atoms with Gasteiger partial charge in [-0.3, -0.25) is 4.79 Å². The van der Waals surface area contributed by atoms with E-state index < -0.39 is 9.84 Å². The van der Waals surface area contributed by atoms with Crippen molar-refractivity contribution in [2.75, 3.05) is 24.7 Å². The van der Waals surface area contributed by atoms with Gasteiger partial charge in [-0.2, -0.15) is 0 Å². The molecule has 0 radical (unpaired) electrons. The van der Waals surface area contributed by atoms with Crippen LogP contribution >= 0.6 is 0 Å². The average Bonchev–Trinajstić information content (AvgIpc) is 3.11. The van der Waals surface area contributed by atoms with Crippen LogP contribution in [0.25, 0.3) is 0 Å². The second-order valence-electron chi connectivity index (χ2n) is 6.53. The molecule has 2 rings (SSSR count). The number of nitrogens with one attached hydrogen (secondary N) is 2. The highest BCUT2D eigenvalue weighted by atomic mass is 32.2. The zero-order chi connectivity index (χ0) is 18.3. The number of hydrogen-bond acceptors (Lipinski definition) is 5. The normalized spacial score (nSPS) is 18.9. The fraction of sp³-hybridized carbons (Fsp3) is 0.611. The third-order valence-electron chi connectivity index (χ3n) is 4.30. The Morgan fingerprint density at radius 2 is 2.20 bits per heavy atom. The Balaban J connectivity index is 1.84. The van der Waals surface area contributed by atoms with Crippen LogP contribution in [-0.2, 0) is 21.1 Å². The smallest absolute Gasteiger partial charge is 0.251 e. The molecule has 7 heteroatoms. The topological polar surface area (TPSA) is 84.5 Å². The van der Waals surface area contributed by atoms with E-state index in [2.05, 4.69) is 10.6 Å². The van der Waals surface area contributed by atoms with Crippen molar-refractivity contribution < 1.29 is 17.9 Å². The van der Waals surface area contributed by atoms with Crippen molar-refractivity contribution in [1.82, 2.24) is 10.6 Å². The molecule has 25 heavy (non-hydrogen) atoms. The van der Waals surface area contributed by atoms with Gasteiger partial charge in [-0.15, -0.1) is 0 Å². The van der Waals surface area contributed by atoms with Gasteiger partial charge < -0.3 is 15.4 Å². The van der Waals surface area contributed by atoms with Gasteiger partial charge in [0.1, 0.15) is 0 Å². The summed E-state index contributed by atoms with van der Waals surface area (Å²) in [4.78, 5) is 12.3. The summed E-state index contributed by atoms with van der Waals surface area (Å²) in [5, 5.41) is 6.11. The SMILES string of the molecule is CCS(=O)(=O)C[C@@H](C)NCc1cccc(C(=O)NC[C@@H]2CCCO2)c1. The fourth-order valence-corrected chi connectivity index (χ4v) is 3.90. The molecule has 1 aliphatic heterocycles. The molecule has 0 aromatic heterocycles. The van der Waals surface area contributed by atoms with Crippen LogP contribution in [0.4, 0.5) is 0 Å². The van der Waals surface area contributed by atoms with Gasteiger partial charge in [0.2, 0.25) is 0 Å². The first-order valence-corrected chi connectivity index (χ1v) is 10.6. The molecule has 1 amide bonds. The summed E-state index contributed by atoms with van der Waals surface area (Å²) in [7, 11) is -3.00. The quantitative estimate of drug-likeness (QED) is 0.690. The van der Waals surface area contributed by atoms with Gasteiger partial charge in [-0.25, -0.2) is 8.42 Å². The third kappa shape index (κ3) is 6.76. The average molecular weight is 368 g/mol. The van der Waals surface area contributed by atoms with Crippen molar-refractivity contribution in [2.24, 2.45) is 0 Å². The van der Waals surface area contributed by atoms with E-state index >= 15 is 0 Å². The van der Waals surface area contributed by atoms with Gasteiger partial charge in [0.25, 0.3) is 5.91 Å². The molecule has 1 saturated heterocycles. The maximum atomic E-state index is 12.3. The monoisotopic (exact) mass is 368 g/mol. The van der Waals surface area contributed by atoms with Gasteiger partial charge >= 0.3 is 0 Å². The van der Waals surface area contributed by atoms with E-state index in [4.69, 9.17) is 4.74 Å². The Kier molecular flexibility index (Phi) is 7.40. The van der Waals surface area contributed by atoms with Crippen molar-refractivity contribution in [3.05, 3.63) is 35.4 Å². The van der Waals surface area contributed by atoms with E-state index in [1.54, 1.807) is 13.0 Å². The molecule has 0 aliphatic carbocycles. The first kappa shape index (κ1) is 19.9. The Hall–Kier alpha value is -1.44. The second-order valence-corrected chi connectivity index (χ2v) is 8.92. The molecular formula is C18H28N2O4S. The third-order valence-corrected chi connectivity index (χ3v) is 6.19. The Morgan fingerprint density at radius 1 is 1.40 bits per heavy atom. The van der Waals surface area contributed by atoms with Crippen LogP contribution in [0.2, 0.25) is 0 Å². The van der Waals surface area contributed by atoms with Gasteiger partial charge in [-0.05, 0) is 37.5 Å². The molecule has 2 N–H and O–H groups in total. The number of hydrogen-bond donors (Lipinski definition) is 2. The largest absolute Gasteiger partial charge is 0.376 e. The summed E-state index contributed by atoms with van der Waals surface area (Å²) in [6.07, 6.45) is 2.16. The lowest BCUT2D eigenvalue weighted by Crippen LogP contribution is -2.33. The Labute approximate surface area is 150 Å². The summed E-state index contributed by atoms with van der Waals surface area (Å²) in [5.74, 6) is 0.156. The molecule has 1 aromatic carbocycles. The summed E-state index contributed by atoms with van der Waals surface area (Å²) in [6.45, 7) is 5.33. The molecule has 0 bridgehead atoms. The van der Waals surface area contributed by atoms with Crippen LogP contribution in [0.15, 0.2) is 24.3 Å². The van der Waals surface area contributed by atoms with Crippen LogP contribution in [0.5, 0.6) is 0 Å². The van der Waals surface area contributed by atoms with Crippen LogP contribution in [-0.4, -0.2) is 51.1 Å². The summed E-state index contributed by atoms with van der Waals surface area (Å²) in [6, 6.07) is 7.23. The van der Waals surface area contributed by atoms with Gasteiger partial charge in [0.05, 0.1) is 11.9 Å². The predicted molar refractivity (Wildman–Crippen MR) is 98.4 cm³/mol. The van der Waals surface area contributed by atoms with Crippen molar-refractivity contribution in [2.45, 2.75) is 45.4 Å². The lowest BCUT2D eigenvalue weighted by Gasteiger charge is -2.14. The molecular weight excluding hydrogens is 340 g/mol. The summed E-state index contributed by atoms with van der Waals surface area (Å²) < 4.78 is 28.8. The fourth-order valence-electron chi connectivity index (χ4n) is 2.79. The molecule has 1 aromatic rings. The van der Waals surface area contributed by atoms with E-state index in [-0.39, 0.29) is 29.6 Å². The van der Waals surface area contributed by atoms with E-state index in [1.807, 2.05) is 25.1 Å². The van der Waals surface area contributed by atoms with E-state index in [1.165, 1.54) is 0 Å². The van der Waals surface area contributed by atoms with E-state index in [9.17, 15) is 13.2 Å². The number of sulfone groups is 1. The van der Waals surface area contributed by atoms with Crippen molar-refractivity contribution >= 4 is 15.7 Å². The zero-order valence-electron chi connectivity index (χ0n) is 15.0. The van der Waals surface area contributed by atoms with Gasteiger partial charge in [0.15, 0.2) is 9.84 Å². The minimum absolute atomic E-state index is 0.112. The predicted octanol–water partition coefficient (Wildman–Crippen LogP) is 1.51. The molecule has 0 saturated carbocycles. The maximum Gasteiger partial charge on any atom is 0.251 e. The Bertz CT molecular complexity index is 669. The molecule has 6 nitrogen and oxygen atoms in total. The standard InChI is InChI=1S/C18H28N2O4S/c1-3-25(22,23)13-14(2)19-11-15-6-4-7-16(10-15)18(21)20-12-17-8-5-9-24-17/h4,6-7,10,14,17,19H,3,5,8-9,11-13H2,1-2H3,(H,20,21)/t14-,17+/m1/s1. The van der Waals surface area contributed by atoms with Gasteiger partial charge in [0, 0.05) is 37.1 Å². The zero-order valence-corrected chi connectivity index (χ0v) is 15.8. The highest BCUT2D eigenvalue weighted by Gasteiger charge is 2.17. The van der Waals surface area contributed by atoms with E-state index in [0.29, 0.717) is 18.7 Å². The minimum Gasteiger partial charge on any atom is -0.376 e. The van der Waals surface area contributed by atoms with E-state index in [0.717, 1.165) is 25.0 Å². The van der Waals surface area contributed by atoms with Crippen molar-refractivity contribution in [3.8, 4) is 0 Å². The first-order valence-electron chi connectivity index (χ1n) is 8.82. The first-order chi connectivity index (χ1) is 11.9. The molecule has 0 spiro atoms. The number of carbonyl (C=O) groups is 1. The summed E-state index contributed by atoms with van der Waals surface area (Å²) in [5.41, 5.74) is 1.55. The summed E-state index contributed by atoms with van der Waals surface area (Å²) >= 11 is 0. The van der Waals surface area contributed by atoms with Crippen molar-refractivity contribution in [3.63, 3.8) is 0 Å². The molecule has 1 aliphatic rings. The molecule has 0 unspecified atom stereocenters. The number of carbonyl (C=O) groups excluding carboxylic acids is 1. The minimum atomic E-state index is -3.00. The van der Waals surface area contributed by atoms with Crippen LogP contribution in [0.3, 0.4) is 0 Å². The van der Waals surface area contributed by atoms with Crippen LogP contribution in [0.1, 0.15) is 42.6 Å². The molecule has 2 atom stereocenters. The second kappa shape index (κ2) is 9.31. The van der Waals surface area contributed by atoms with Gasteiger partial charge in [-0.1, -0.05) is 19.1 Å². The Morgan fingerprint density at radius 3 is 2.88 bits per heavy atom. The number of rotatable bonds is 9. The van der Waals surface area contributed by atoms with Crippen LogP contribution < -0.4 is 10.6 Å². The highest BCUT2D eigenvalue weighted by Crippen LogP contribution is 2.11. The molecule has 1 fully saturated rings. The molecule has 1 heterocycles.